The zero-order chi connectivity index (χ0) is 16.1. The maximum Gasteiger partial charge on any atom is 0.269 e. The van der Waals surface area contributed by atoms with Crippen molar-refractivity contribution in [3.05, 3.63) is 75.8 Å². The minimum atomic E-state index is -1.44. The summed E-state index contributed by atoms with van der Waals surface area (Å²) in [6, 6.07) is 11.7. The van der Waals surface area contributed by atoms with Gasteiger partial charge in [-0.25, -0.2) is 0 Å². The van der Waals surface area contributed by atoms with Crippen LogP contribution in [0, 0.1) is 10.1 Å². The number of hydrogen-bond donors (Lipinski definition) is 1. The number of nitrogens with zero attached hydrogens (tertiary/aromatic N) is 1. The lowest BCUT2D eigenvalue weighted by Gasteiger charge is -2.20. The fourth-order valence-electron chi connectivity index (χ4n) is 1.87. The fourth-order valence-corrected chi connectivity index (χ4v) is 1.87. The van der Waals surface area contributed by atoms with Crippen LogP contribution in [-0.4, -0.2) is 16.8 Å². The molecule has 1 N–H and O–H groups in total. The van der Waals surface area contributed by atoms with E-state index in [9.17, 15) is 24.8 Å². The largest absolute Gasteiger partial charge is 0.548 e. The van der Waals surface area contributed by atoms with E-state index in [1.54, 1.807) is 30.3 Å². The molecular formula is C15H11N2O5-. The van der Waals surface area contributed by atoms with E-state index < -0.39 is 22.8 Å². The number of carboxylic acid groups (broad SMARTS) is 1. The predicted octanol–water partition coefficient (Wildman–Crippen LogP) is 0.816. The number of carbonyl (C=O) groups excluding carboxylic acids is 2. The first kappa shape index (κ1) is 15.2. The van der Waals surface area contributed by atoms with Crippen LogP contribution in [0.4, 0.5) is 5.69 Å². The van der Waals surface area contributed by atoms with Crippen molar-refractivity contribution in [3.8, 4) is 0 Å². The summed E-state index contributed by atoms with van der Waals surface area (Å²) in [7, 11) is 0. The van der Waals surface area contributed by atoms with Crippen molar-refractivity contribution in [2.45, 2.75) is 6.04 Å². The molecule has 0 aliphatic rings. The minimum Gasteiger partial charge on any atom is -0.548 e. The lowest BCUT2D eigenvalue weighted by molar-refractivity contribution is -0.384. The van der Waals surface area contributed by atoms with Crippen molar-refractivity contribution in [1.29, 1.82) is 0 Å². The number of nitro groups is 1. The topological polar surface area (TPSA) is 112 Å². The molecular weight excluding hydrogens is 288 g/mol. The van der Waals surface area contributed by atoms with Gasteiger partial charge in [-0.15, -0.1) is 0 Å². The van der Waals surface area contributed by atoms with E-state index >= 15 is 0 Å². The zero-order valence-corrected chi connectivity index (χ0v) is 11.3. The van der Waals surface area contributed by atoms with Crippen LogP contribution >= 0.6 is 0 Å². The second-order valence-electron chi connectivity index (χ2n) is 4.44. The molecule has 7 nitrogen and oxygen atoms in total. The number of rotatable bonds is 5. The van der Waals surface area contributed by atoms with Crippen molar-refractivity contribution < 1.29 is 19.6 Å². The third-order valence-corrected chi connectivity index (χ3v) is 2.98. The Hall–Kier alpha value is -3.22. The number of amides is 1. The molecule has 1 atom stereocenters. The van der Waals surface area contributed by atoms with Gasteiger partial charge in [0, 0.05) is 17.7 Å². The molecule has 0 spiro atoms. The van der Waals surface area contributed by atoms with E-state index in [1.165, 1.54) is 24.3 Å². The van der Waals surface area contributed by atoms with E-state index in [4.69, 9.17) is 0 Å². The number of nitrogens with one attached hydrogen (secondary N) is 1. The molecule has 0 radical (unpaired) electrons. The molecule has 0 unspecified atom stereocenters. The molecule has 2 aromatic rings. The van der Waals surface area contributed by atoms with Gasteiger partial charge in [-0.2, -0.15) is 0 Å². The summed E-state index contributed by atoms with van der Waals surface area (Å²) in [6.07, 6.45) is 0. The third kappa shape index (κ3) is 3.45. The Morgan fingerprint density at radius 2 is 1.59 bits per heavy atom. The average Bonchev–Trinajstić information content (AvgIpc) is 2.53. The van der Waals surface area contributed by atoms with Crippen LogP contribution in [0.25, 0.3) is 0 Å². The van der Waals surface area contributed by atoms with Crippen LogP contribution in [-0.2, 0) is 4.79 Å². The first-order valence-electron chi connectivity index (χ1n) is 6.30. The molecule has 1 amide bonds. The van der Waals surface area contributed by atoms with Gasteiger partial charge in [0.05, 0.1) is 16.9 Å². The van der Waals surface area contributed by atoms with Crippen molar-refractivity contribution in [2.24, 2.45) is 0 Å². The summed E-state index contributed by atoms with van der Waals surface area (Å²) in [5, 5.41) is 24.1. The number of carboxylic acids is 1. The van der Waals surface area contributed by atoms with Gasteiger partial charge in [0.15, 0.2) is 0 Å². The molecule has 112 valence electrons. The number of carbonyl (C=O) groups is 2. The van der Waals surface area contributed by atoms with Gasteiger partial charge in [-0.3, -0.25) is 14.9 Å². The average molecular weight is 299 g/mol. The van der Waals surface area contributed by atoms with Crippen molar-refractivity contribution in [1.82, 2.24) is 5.32 Å². The summed E-state index contributed by atoms with van der Waals surface area (Å²) < 4.78 is 0. The first-order valence-corrected chi connectivity index (χ1v) is 6.30. The quantitative estimate of drug-likeness (QED) is 0.648. The Morgan fingerprint density at radius 3 is 2.09 bits per heavy atom. The van der Waals surface area contributed by atoms with Crippen LogP contribution in [0.3, 0.4) is 0 Å². The Kier molecular flexibility index (Phi) is 4.47. The second kappa shape index (κ2) is 6.49. The summed E-state index contributed by atoms with van der Waals surface area (Å²) in [5.74, 6) is -2.10. The maximum absolute atomic E-state index is 12.0. The van der Waals surface area contributed by atoms with Gasteiger partial charge in [0.25, 0.3) is 11.6 Å². The Morgan fingerprint density at radius 1 is 1.00 bits per heavy atom. The summed E-state index contributed by atoms with van der Waals surface area (Å²) in [6.45, 7) is 0. The zero-order valence-electron chi connectivity index (χ0n) is 11.3. The van der Waals surface area contributed by atoms with Crippen molar-refractivity contribution >= 4 is 17.6 Å². The van der Waals surface area contributed by atoms with Gasteiger partial charge >= 0.3 is 0 Å². The van der Waals surface area contributed by atoms with Gasteiger partial charge in [0.1, 0.15) is 0 Å². The Balaban J connectivity index is 2.18. The van der Waals surface area contributed by atoms with Gasteiger partial charge in [-0.1, -0.05) is 30.3 Å². The molecule has 0 saturated carbocycles. The standard InChI is InChI=1S/C15H12N2O5/c18-14(11-6-8-12(9-7-11)17(21)22)16-13(15(19)20)10-4-2-1-3-5-10/h1-9,13H,(H,16,18)(H,19,20)/p-1/t13-/m0/s1. The van der Waals surface area contributed by atoms with Gasteiger partial charge < -0.3 is 15.2 Å². The number of non-ortho nitro benzene ring substituents is 1. The lowest BCUT2D eigenvalue weighted by Crippen LogP contribution is -2.41. The summed E-state index contributed by atoms with van der Waals surface area (Å²) >= 11 is 0. The highest BCUT2D eigenvalue weighted by Crippen LogP contribution is 2.15. The highest BCUT2D eigenvalue weighted by molar-refractivity contribution is 5.96. The summed E-state index contributed by atoms with van der Waals surface area (Å²) in [5.41, 5.74) is 0.335. The molecule has 0 aromatic heterocycles. The van der Waals surface area contributed by atoms with Gasteiger partial charge in [-0.05, 0) is 17.7 Å². The van der Waals surface area contributed by atoms with Crippen LogP contribution in [0.2, 0.25) is 0 Å². The van der Waals surface area contributed by atoms with E-state index in [1.807, 2.05) is 0 Å². The smallest absolute Gasteiger partial charge is 0.269 e. The van der Waals surface area contributed by atoms with Gasteiger partial charge in [0.2, 0.25) is 0 Å². The van der Waals surface area contributed by atoms with Crippen LogP contribution in [0.15, 0.2) is 54.6 Å². The first-order chi connectivity index (χ1) is 10.5. The van der Waals surface area contributed by atoms with Crippen LogP contribution < -0.4 is 10.4 Å². The molecule has 2 rings (SSSR count). The molecule has 2 aromatic carbocycles. The molecule has 0 aliphatic heterocycles. The van der Waals surface area contributed by atoms with E-state index in [2.05, 4.69) is 5.32 Å². The third-order valence-electron chi connectivity index (χ3n) is 2.98. The predicted molar refractivity (Wildman–Crippen MR) is 74.8 cm³/mol. The van der Waals surface area contributed by atoms with Crippen molar-refractivity contribution in [2.75, 3.05) is 0 Å². The molecule has 0 bridgehead atoms. The fraction of sp³-hybridized carbons (Fsp3) is 0.0667. The number of nitro benzene ring substituents is 1. The Bertz CT molecular complexity index is 698. The maximum atomic E-state index is 12.0. The van der Waals surface area contributed by atoms with Crippen LogP contribution in [0.1, 0.15) is 22.0 Å². The Labute approximate surface area is 125 Å². The minimum absolute atomic E-state index is 0.118. The van der Waals surface area contributed by atoms with Crippen LogP contribution in [0.5, 0.6) is 0 Å². The molecule has 7 heteroatoms. The normalized spacial score (nSPS) is 11.5. The molecule has 0 aliphatic carbocycles. The van der Waals surface area contributed by atoms with E-state index in [0.29, 0.717) is 5.56 Å². The highest BCUT2D eigenvalue weighted by atomic mass is 16.6. The molecule has 0 heterocycles. The number of aliphatic carboxylic acids is 1. The highest BCUT2D eigenvalue weighted by Gasteiger charge is 2.17. The molecule has 22 heavy (non-hydrogen) atoms. The van der Waals surface area contributed by atoms with E-state index in [-0.39, 0.29) is 11.3 Å². The van der Waals surface area contributed by atoms with E-state index in [0.717, 1.165) is 0 Å². The number of benzene rings is 2. The lowest BCUT2D eigenvalue weighted by atomic mass is 10.1. The second-order valence-corrected chi connectivity index (χ2v) is 4.44. The molecule has 0 saturated heterocycles. The number of hydrogen-bond acceptors (Lipinski definition) is 5. The summed E-state index contributed by atoms with van der Waals surface area (Å²) in [4.78, 5) is 33.2. The SMILES string of the molecule is O=C(N[C@H](C(=O)[O-])c1ccccc1)c1ccc([N+](=O)[O-])cc1. The monoisotopic (exact) mass is 299 g/mol. The molecule has 0 fully saturated rings. The van der Waals surface area contributed by atoms with Crippen molar-refractivity contribution in [3.63, 3.8) is 0 Å².